The molecule has 0 aromatic carbocycles. The van der Waals surface area contributed by atoms with Gasteiger partial charge < -0.3 is 10.4 Å². The lowest BCUT2D eigenvalue weighted by atomic mass is 10.1. The van der Waals surface area contributed by atoms with Crippen LogP contribution in [0.1, 0.15) is 20.8 Å². The van der Waals surface area contributed by atoms with Crippen LogP contribution in [-0.2, 0) is 9.59 Å². The highest BCUT2D eigenvalue weighted by atomic mass is 16.4. The van der Waals surface area contributed by atoms with Crippen LogP contribution >= 0.6 is 0 Å². The van der Waals surface area contributed by atoms with Gasteiger partial charge in [-0.25, -0.2) is 4.79 Å². The first-order chi connectivity index (χ1) is 6.40. The molecule has 0 aliphatic heterocycles. The molecule has 78 valence electrons. The smallest absolute Gasteiger partial charge is 0.331 e. The largest absolute Gasteiger partial charge is 0.478 e. The maximum Gasteiger partial charge on any atom is 0.331 e. The Morgan fingerprint density at radius 2 is 1.86 bits per heavy atom. The normalized spacial score (nSPS) is 13.9. The van der Waals surface area contributed by atoms with E-state index in [0.717, 1.165) is 0 Å². The average molecular weight is 197 g/mol. The molecule has 2 N–H and O–H groups in total. The van der Waals surface area contributed by atoms with Crippen LogP contribution in [0.5, 0.6) is 0 Å². The Kier molecular flexibility index (Phi) is 4.63. The molecule has 0 spiro atoms. The number of hydrogen-bond acceptors (Lipinski definition) is 2. The quantitative estimate of drug-likeness (QED) is 0.524. The molecule has 0 heterocycles. The fourth-order valence-electron chi connectivity index (χ4n) is 0.705. The highest BCUT2D eigenvalue weighted by Gasteiger charge is 2.13. The minimum atomic E-state index is -1.08. The summed E-state index contributed by atoms with van der Waals surface area (Å²) >= 11 is 0. The van der Waals surface area contributed by atoms with Crippen molar-refractivity contribution in [3.05, 3.63) is 23.8 Å². The first-order valence-electron chi connectivity index (χ1n) is 4.24. The number of nitrogens with one attached hydrogen (secondary N) is 1. The molecule has 1 unspecified atom stereocenters. The molecule has 4 heteroatoms. The van der Waals surface area contributed by atoms with Crippen molar-refractivity contribution in [2.45, 2.75) is 26.8 Å². The molecule has 1 atom stereocenters. The minimum Gasteiger partial charge on any atom is -0.478 e. The van der Waals surface area contributed by atoms with E-state index in [1.165, 1.54) is 13.8 Å². The van der Waals surface area contributed by atoms with E-state index in [0.29, 0.717) is 0 Å². The lowest BCUT2D eigenvalue weighted by molar-refractivity contribution is -0.133. The molecule has 0 aliphatic carbocycles. The van der Waals surface area contributed by atoms with Gasteiger partial charge in [0.1, 0.15) is 0 Å². The number of amides is 1. The molecule has 0 rings (SSSR count). The van der Waals surface area contributed by atoms with Gasteiger partial charge in [-0.15, -0.1) is 6.58 Å². The molecule has 0 aromatic rings. The standard InChI is InChI=1S/C10H15NO3/c1-5-6(2)11-9(12)7(3)8(4)10(13)14/h5-6H,1H2,2-4H3,(H,11,12)(H,13,14)/b8-7-. The predicted molar refractivity (Wildman–Crippen MR) is 53.8 cm³/mol. The van der Waals surface area contributed by atoms with Crippen LogP contribution in [0.4, 0.5) is 0 Å². The van der Waals surface area contributed by atoms with Crippen molar-refractivity contribution in [3.63, 3.8) is 0 Å². The van der Waals surface area contributed by atoms with Gasteiger partial charge in [-0.3, -0.25) is 4.79 Å². The van der Waals surface area contributed by atoms with Crippen LogP contribution in [0.15, 0.2) is 23.8 Å². The van der Waals surface area contributed by atoms with E-state index in [1.807, 2.05) is 0 Å². The van der Waals surface area contributed by atoms with E-state index in [1.54, 1.807) is 13.0 Å². The van der Waals surface area contributed by atoms with Gasteiger partial charge in [0.15, 0.2) is 0 Å². The summed E-state index contributed by atoms with van der Waals surface area (Å²) in [4.78, 5) is 21.9. The van der Waals surface area contributed by atoms with E-state index in [2.05, 4.69) is 11.9 Å². The van der Waals surface area contributed by atoms with Gasteiger partial charge in [-0.2, -0.15) is 0 Å². The van der Waals surface area contributed by atoms with Crippen molar-refractivity contribution in [3.8, 4) is 0 Å². The lowest BCUT2D eigenvalue weighted by Gasteiger charge is -2.10. The molecule has 0 bridgehead atoms. The van der Waals surface area contributed by atoms with Crippen LogP contribution in [0.3, 0.4) is 0 Å². The number of carboxylic acids is 1. The minimum absolute atomic E-state index is 0.0544. The van der Waals surface area contributed by atoms with Crippen LogP contribution in [-0.4, -0.2) is 23.0 Å². The summed E-state index contributed by atoms with van der Waals surface area (Å²) in [5.41, 5.74) is 0.268. The van der Waals surface area contributed by atoms with E-state index in [-0.39, 0.29) is 23.1 Å². The Bertz CT molecular complexity index is 292. The summed E-state index contributed by atoms with van der Waals surface area (Å²) in [5.74, 6) is -1.46. The molecule has 0 aromatic heterocycles. The maximum absolute atomic E-state index is 11.4. The van der Waals surface area contributed by atoms with Gasteiger partial charge >= 0.3 is 5.97 Å². The zero-order valence-corrected chi connectivity index (χ0v) is 8.63. The zero-order chi connectivity index (χ0) is 11.3. The molecular formula is C10H15NO3. The maximum atomic E-state index is 11.4. The number of rotatable bonds is 4. The van der Waals surface area contributed by atoms with Crippen molar-refractivity contribution in [1.82, 2.24) is 5.32 Å². The second kappa shape index (κ2) is 5.21. The number of carbonyl (C=O) groups excluding carboxylic acids is 1. The zero-order valence-electron chi connectivity index (χ0n) is 8.63. The Labute approximate surface area is 83.3 Å². The van der Waals surface area contributed by atoms with Gasteiger partial charge in [0.05, 0.1) is 0 Å². The van der Waals surface area contributed by atoms with Crippen LogP contribution in [0, 0.1) is 0 Å². The summed E-state index contributed by atoms with van der Waals surface area (Å²) in [6.07, 6.45) is 1.57. The molecule has 14 heavy (non-hydrogen) atoms. The van der Waals surface area contributed by atoms with E-state index in [9.17, 15) is 9.59 Å². The van der Waals surface area contributed by atoms with Gasteiger partial charge in [-0.05, 0) is 20.8 Å². The lowest BCUT2D eigenvalue weighted by Crippen LogP contribution is -2.32. The van der Waals surface area contributed by atoms with Crippen molar-refractivity contribution < 1.29 is 14.7 Å². The van der Waals surface area contributed by atoms with Crippen molar-refractivity contribution in [2.24, 2.45) is 0 Å². The van der Waals surface area contributed by atoms with E-state index < -0.39 is 5.97 Å². The van der Waals surface area contributed by atoms with Crippen LogP contribution in [0.2, 0.25) is 0 Å². The highest BCUT2D eigenvalue weighted by molar-refractivity contribution is 6.01. The summed E-state index contributed by atoms with van der Waals surface area (Å²) in [6, 6.07) is -0.168. The predicted octanol–water partition coefficient (Wildman–Crippen LogP) is 1.10. The Balaban J connectivity index is 4.62. The van der Waals surface area contributed by atoms with Crippen LogP contribution < -0.4 is 5.32 Å². The average Bonchev–Trinajstić information content (AvgIpc) is 2.14. The Morgan fingerprint density at radius 1 is 1.36 bits per heavy atom. The Hall–Kier alpha value is -1.58. The number of aliphatic carboxylic acids is 1. The molecule has 0 saturated heterocycles. The van der Waals surface area contributed by atoms with Gasteiger partial charge in [0.25, 0.3) is 0 Å². The molecule has 0 fully saturated rings. The second-order valence-corrected chi connectivity index (χ2v) is 3.05. The van der Waals surface area contributed by atoms with Gasteiger partial charge in [-0.1, -0.05) is 6.08 Å². The molecular weight excluding hydrogens is 182 g/mol. The van der Waals surface area contributed by atoms with Gasteiger partial charge in [0, 0.05) is 17.2 Å². The molecule has 0 aliphatic rings. The third-order valence-corrected chi connectivity index (χ3v) is 1.94. The second-order valence-electron chi connectivity index (χ2n) is 3.05. The summed E-state index contributed by atoms with van der Waals surface area (Å²) in [5, 5.41) is 11.2. The third-order valence-electron chi connectivity index (χ3n) is 1.94. The van der Waals surface area contributed by atoms with E-state index in [4.69, 9.17) is 5.11 Å². The summed E-state index contributed by atoms with van der Waals surface area (Å²) in [7, 11) is 0. The molecule has 4 nitrogen and oxygen atoms in total. The summed E-state index contributed by atoms with van der Waals surface area (Å²) < 4.78 is 0. The fourth-order valence-corrected chi connectivity index (χ4v) is 0.705. The molecule has 0 radical (unpaired) electrons. The Morgan fingerprint density at radius 3 is 2.21 bits per heavy atom. The molecule has 1 amide bonds. The molecule has 0 saturated carbocycles. The number of carbonyl (C=O) groups is 2. The first kappa shape index (κ1) is 12.4. The number of hydrogen-bond donors (Lipinski definition) is 2. The van der Waals surface area contributed by atoms with Crippen molar-refractivity contribution in [2.75, 3.05) is 0 Å². The van der Waals surface area contributed by atoms with Crippen molar-refractivity contribution >= 4 is 11.9 Å². The third kappa shape index (κ3) is 3.43. The topological polar surface area (TPSA) is 66.4 Å². The fraction of sp³-hybridized carbons (Fsp3) is 0.400. The number of carboxylic acid groups (broad SMARTS) is 1. The van der Waals surface area contributed by atoms with Gasteiger partial charge in [0.2, 0.25) is 5.91 Å². The van der Waals surface area contributed by atoms with E-state index >= 15 is 0 Å². The summed E-state index contributed by atoms with van der Waals surface area (Å²) in [6.45, 7) is 8.14. The SMILES string of the molecule is C=CC(C)NC(=O)/C(C)=C(/C)C(=O)O. The van der Waals surface area contributed by atoms with Crippen molar-refractivity contribution in [1.29, 1.82) is 0 Å². The first-order valence-corrected chi connectivity index (χ1v) is 4.24. The highest BCUT2D eigenvalue weighted by Crippen LogP contribution is 2.03. The monoisotopic (exact) mass is 197 g/mol. The van der Waals surface area contributed by atoms with Crippen LogP contribution in [0.25, 0.3) is 0 Å².